The molecule has 100 valence electrons. The zero-order valence-corrected chi connectivity index (χ0v) is 11.8. The van der Waals surface area contributed by atoms with Gasteiger partial charge in [0, 0.05) is 6.42 Å². The number of hydrogen-bond acceptors (Lipinski definition) is 5. The molecule has 0 saturated carbocycles. The minimum atomic E-state index is -0.356. The molecule has 0 radical (unpaired) electrons. The molecule has 4 nitrogen and oxygen atoms in total. The van der Waals surface area contributed by atoms with Gasteiger partial charge >= 0.3 is 5.97 Å². The molecule has 0 bridgehead atoms. The van der Waals surface area contributed by atoms with E-state index in [9.17, 15) is 4.79 Å². The van der Waals surface area contributed by atoms with Gasteiger partial charge < -0.3 is 4.74 Å². The average Bonchev–Trinajstić information content (AvgIpc) is 2.45. The molecule has 0 aliphatic carbocycles. The number of carbonyl (C=O) groups excluding carboxylic acids is 1. The fourth-order valence-corrected chi connectivity index (χ4v) is 2.20. The molecule has 0 saturated heterocycles. The highest BCUT2D eigenvalue weighted by Gasteiger charge is 2.19. The van der Waals surface area contributed by atoms with Crippen LogP contribution in [0.2, 0.25) is 0 Å². The number of thioether (sulfide) groups is 1. The Balaban J connectivity index is 1.94. The molecule has 0 spiro atoms. The summed E-state index contributed by atoms with van der Waals surface area (Å²) >= 11 is 1.57. The maximum absolute atomic E-state index is 12.0. The van der Waals surface area contributed by atoms with Crippen molar-refractivity contribution in [2.24, 2.45) is 5.10 Å². The molecular weight excluding hydrogens is 260 g/mol. The summed E-state index contributed by atoms with van der Waals surface area (Å²) in [5.41, 5.74) is 5.16. The third kappa shape index (κ3) is 3.61. The Morgan fingerprint density at radius 3 is 2.79 bits per heavy atom. The first-order valence-corrected chi connectivity index (χ1v) is 7.20. The van der Waals surface area contributed by atoms with Crippen LogP contribution < -0.4 is 5.43 Å². The third-order valence-corrected chi connectivity index (χ3v) is 3.49. The van der Waals surface area contributed by atoms with Crippen LogP contribution in [0.3, 0.4) is 0 Å². The summed E-state index contributed by atoms with van der Waals surface area (Å²) < 4.78 is 5.27. The average molecular weight is 276 g/mol. The van der Waals surface area contributed by atoms with E-state index in [1.165, 1.54) is 0 Å². The fourth-order valence-electron chi connectivity index (χ4n) is 1.70. The van der Waals surface area contributed by atoms with Gasteiger partial charge in [-0.3, -0.25) is 5.43 Å². The molecular formula is C14H16N2O2S. The van der Waals surface area contributed by atoms with Crippen molar-refractivity contribution in [1.29, 1.82) is 0 Å². The monoisotopic (exact) mass is 276 g/mol. The Hall–Kier alpha value is -1.75. The highest BCUT2D eigenvalue weighted by Crippen LogP contribution is 2.18. The lowest BCUT2D eigenvalue weighted by Crippen LogP contribution is -2.24. The van der Waals surface area contributed by atoms with Gasteiger partial charge in [0.25, 0.3) is 0 Å². The molecule has 1 aromatic rings. The number of rotatable bonds is 3. The first kappa shape index (κ1) is 13.7. The van der Waals surface area contributed by atoms with Crippen LogP contribution in [0.5, 0.6) is 0 Å². The second-order valence-corrected chi connectivity index (χ2v) is 5.09. The number of allylic oxidation sites excluding steroid dienone is 1. The number of nitrogens with one attached hydrogen (secondary N) is 1. The molecule has 1 heterocycles. The predicted octanol–water partition coefficient (Wildman–Crippen LogP) is 2.67. The second-order valence-electron chi connectivity index (χ2n) is 4.22. The topological polar surface area (TPSA) is 50.7 Å². The van der Waals surface area contributed by atoms with Crippen molar-refractivity contribution in [3.05, 3.63) is 47.2 Å². The van der Waals surface area contributed by atoms with E-state index in [-0.39, 0.29) is 12.6 Å². The molecule has 1 aliphatic rings. The fraction of sp³-hybridized carbons (Fsp3) is 0.286. The zero-order valence-electron chi connectivity index (χ0n) is 11.0. The summed E-state index contributed by atoms with van der Waals surface area (Å²) in [6.07, 6.45) is 2.66. The van der Waals surface area contributed by atoms with Gasteiger partial charge in [0.05, 0.1) is 5.04 Å². The Kier molecular flexibility index (Phi) is 4.63. The van der Waals surface area contributed by atoms with Crippen LogP contribution in [0.15, 0.2) is 46.7 Å². The van der Waals surface area contributed by atoms with E-state index >= 15 is 0 Å². The standard InChI is InChI=1S/C14H16N2O2S/c1-10-8-12(19-2)15-16-13(10)14(17)18-9-11-6-4-3-5-7-11/h3-7,16H,8-9H2,1-2H3. The van der Waals surface area contributed by atoms with Crippen LogP contribution in [-0.2, 0) is 16.1 Å². The summed E-state index contributed by atoms with van der Waals surface area (Å²) in [6, 6.07) is 9.61. The van der Waals surface area contributed by atoms with Gasteiger partial charge in [-0.25, -0.2) is 4.79 Å². The number of nitrogens with zero attached hydrogens (tertiary/aromatic N) is 1. The maximum atomic E-state index is 12.0. The second kappa shape index (κ2) is 6.43. The van der Waals surface area contributed by atoms with Crippen molar-refractivity contribution in [2.45, 2.75) is 20.0 Å². The van der Waals surface area contributed by atoms with Gasteiger partial charge in [0.1, 0.15) is 12.3 Å². The van der Waals surface area contributed by atoms with E-state index in [1.54, 1.807) is 11.8 Å². The largest absolute Gasteiger partial charge is 0.456 e. The summed E-state index contributed by atoms with van der Waals surface area (Å²) in [5, 5.41) is 5.10. The van der Waals surface area contributed by atoms with E-state index in [0.29, 0.717) is 12.1 Å². The van der Waals surface area contributed by atoms with Crippen molar-refractivity contribution in [2.75, 3.05) is 6.26 Å². The lowest BCUT2D eigenvalue weighted by atomic mass is 10.1. The minimum absolute atomic E-state index is 0.275. The molecule has 1 aromatic carbocycles. The molecule has 1 aliphatic heterocycles. The normalized spacial score (nSPS) is 14.7. The van der Waals surface area contributed by atoms with E-state index in [4.69, 9.17) is 4.74 Å². The molecule has 1 N–H and O–H groups in total. The number of hydrazone groups is 1. The SMILES string of the molecule is CSC1=NNC(C(=O)OCc2ccccc2)=C(C)C1. The Morgan fingerprint density at radius 2 is 2.16 bits per heavy atom. The van der Waals surface area contributed by atoms with Crippen LogP contribution in [0.1, 0.15) is 18.9 Å². The number of esters is 1. The van der Waals surface area contributed by atoms with Gasteiger partial charge in [-0.15, -0.1) is 11.8 Å². The molecule has 2 rings (SSSR count). The van der Waals surface area contributed by atoms with Gasteiger partial charge in [-0.2, -0.15) is 5.10 Å². The predicted molar refractivity (Wildman–Crippen MR) is 77.6 cm³/mol. The highest BCUT2D eigenvalue weighted by molar-refractivity contribution is 8.13. The smallest absolute Gasteiger partial charge is 0.356 e. The lowest BCUT2D eigenvalue weighted by molar-refractivity contribution is -0.140. The van der Waals surface area contributed by atoms with Crippen LogP contribution >= 0.6 is 11.8 Å². The molecule has 19 heavy (non-hydrogen) atoms. The zero-order chi connectivity index (χ0) is 13.7. The van der Waals surface area contributed by atoms with Crippen LogP contribution in [-0.4, -0.2) is 17.3 Å². The molecule has 0 atom stereocenters. The quantitative estimate of drug-likeness (QED) is 0.862. The van der Waals surface area contributed by atoms with Crippen LogP contribution in [0, 0.1) is 0 Å². The summed E-state index contributed by atoms with van der Waals surface area (Å²) in [4.78, 5) is 12.0. The first-order chi connectivity index (χ1) is 9.20. The molecule has 0 unspecified atom stereocenters. The Morgan fingerprint density at radius 1 is 1.42 bits per heavy atom. The molecule has 0 amide bonds. The summed E-state index contributed by atoms with van der Waals surface area (Å²) in [6.45, 7) is 2.19. The van der Waals surface area contributed by atoms with Gasteiger partial charge in [0.15, 0.2) is 0 Å². The van der Waals surface area contributed by atoms with Crippen molar-refractivity contribution in [3.8, 4) is 0 Å². The Bertz CT molecular complexity index is 524. The van der Waals surface area contributed by atoms with E-state index in [1.807, 2.05) is 43.5 Å². The third-order valence-electron chi connectivity index (χ3n) is 2.79. The van der Waals surface area contributed by atoms with E-state index in [2.05, 4.69) is 10.5 Å². The van der Waals surface area contributed by atoms with Gasteiger partial charge in [-0.05, 0) is 24.3 Å². The van der Waals surface area contributed by atoms with Gasteiger partial charge in [-0.1, -0.05) is 30.3 Å². The van der Waals surface area contributed by atoms with Crippen molar-refractivity contribution in [3.63, 3.8) is 0 Å². The minimum Gasteiger partial charge on any atom is -0.456 e. The number of benzene rings is 1. The summed E-state index contributed by atoms with van der Waals surface area (Å²) in [7, 11) is 0. The number of ether oxygens (including phenoxy) is 1. The number of hydrogen-bond donors (Lipinski definition) is 1. The van der Waals surface area contributed by atoms with Crippen molar-refractivity contribution < 1.29 is 9.53 Å². The molecule has 0 aromatic heterocycles. The first-order valence-electron chi connectivity index (χ1n) is 5.98. The van der Waals surface area contributed by atoms with E-state index in [0.717, 1.165) is 16.2 Å². The molecule has 5 heteroatoms. The van der Waals surface area contributed by atoms with Crippen molar-refractivity contribution in [1.82, 2.24) is 5.43 Å². The lowest BCUT2D eigenvalue weighted by Gasteiger charge is -2.16. The van der Waals surface area contributed by atoms with Crippen LogP contribution in [0.4, 0.5) is 0 Å². The molecule has 0 fully saturated rings. The van der Waals surface area contributed by atoms with E-state index < -0.39 is 0 Å². The van der Waals surface area contributed by atoms with Gasteiger partial charge in [0.2, 0.25) is 0 Å². The van der Waals surface area contributed by atoms with Crippen LogP contribution in [0.25, 0.3) is 0 Å². The highest BCUT2D eigenvalue weighted by atomic mass is 32.2. The number of carbonyl (C=O) groups is 1. The summed E-state index contributed by atoms with van der Waals surface area (Å²) in [5.74, 6) is -0.356. The van der Waals surface area contributed by atoms with Crippen molar-refractivity contribution >= 4 is 22.8 Å². The maximum Gasteiger partial charge on any atom is 0.356 e. The Labute approximate surface area is 116 Å².